The highest BCUT2D eigenvalue weighted by molar-refractivity contribution is 7.80. The largest absolute Gasteiger partial charge is 0.493 e. The fourth-order valence-electron chi connectivity index (χ4n) is 2.99. The monoisotopic (exact) mass is 447 g/mol. The van der Waals surface area contributed by atoms with Crippen LogP contribution in [-0.4, -0.2) is 23.5 Å². The number of ether oxygens (including phenoxy) is 1. The Morgan fingerprint density at radius 1 is 0.875 bits per heavy atom. The third-order valence-corrected chi connectivity index (χ3v) is 4.68. The van der Waals surface area contributed by atoms with E-state index in [0.29, 0.717) is 29.2 Å². The summed E-state index contributed by atoms with van der Waals surface area (Å²) in [7, 11) is 0. The number of thiocarbonyl (C=S) groups is 1. The van der Waals surface area contributed by atoms with Crippen molar-refractivity contribution >= 4 is 40.5 Å². The van der Waals surface area contributed by atoms with Crippen LogP contribution in [0.3, 0.4) is 0 Å². The van der Waals surface area contributed by atoms with Gasteiger partial charge in [0.2, 0.25) is 0 Å². The molecule has 3 aromatic rings. The second-order valence-electron chi connectivity index (χ2n) is 7.16. The summed E-state index contributed by atoms with van der Waals surface area (Å²) in [5.74, 6) is -0.108. The van der Waals surface area contributed by atoms with E-state index < -0.39 is 0 Å². The number of amides is 2. The molecule has 0 fully saturated rings. The minimum absolute atomic E-state index is 0.122. The van der Waals surface area contributed by atoms with Crippen LogP contribution < -0.4 is 20.7 Å². The molecule has 0 spiro atoms. The van der Waals surface area contributed by atoms with Crippen molar-refractivity contribution in [2.75, 3.05) is 17.2 Å². The number of aryl methyl sites for hydroxylation is 1. The Morgan fingerprint density at radius 3 is 2.34 bits per heavy atom. The molecule has 0 saturated carbocycles. The molecule has 0 unspecified atom stereocenters. The van der Waals surface area contributed by atoms with Crippen LogP contribution in [0.1, 0.15) is 39.6 Å². The summed E-state index contributed by atoms with van der Waals surface area (Å²) in [5.41, 5.74) is 3.23. The Labute approximate surface area is 193 Å². The van der Waals surface area contributed by atoms with Crippen LogP contribution in [0, 0.1) is 6.92 Å². The molecule has 3 N–H and O–H groups in total. The predicted molar refractivity (Wildman–Crippen MR) is 131 cm³/mol. The van der Waals surface area contributed by atoms with E-state index in [9.17, 15) is 9.59 Å². The van der Waals surface area contributed by atoms with Crippen molar-refractivity contribution < 1.29 is 14.3 Å². The van der Waals surface area contributed by atoms with Crippen molar-refractivity contribution in [3.8, 4) is 5.75 Å². The molecule has 3 rings (SSSR count). The fraction of sp³-hybridized carbons (Fsp3) is 0.160. The average molecular weight is 448 g/mol. The molecule has 32 heavy (non-hydrogen) atoms. The Morgan fingerprint density at radius 2 is 1.59 bits per heavy atom. The van der Waals surface area contributed by atoms with Crippen molar-refractivity contribution in [3.05, 3.63) is 89.5 Å². The topological polar surface area (TPSA) is 79.5 Å². The van der Waals surface area contributed by atoms with E-state index in [2.05, 4.69) is 16.0 Å². The van der Waals surface area contributed by atoms with Crippen molar-refractivity contribution in [2.24, 2.45) is 0 Å². The molecule has 0 atom stereocenters. The number of para-hydroxylation sites is 1. The molecule has 2 amide bonds. The van der Waals surface area contributed by atoms with Gasteiger partial charge >= 0.3 is 0 Å². The van der Waals surface area contributed by atoms with E-state index in [-0.39, 0.29) is 16.9 Å². The maximum atomic E-state index is 12.7. The third-order valence-electron chi connectivity index (χ3n) is 4.48. The molecular weight excluding hydrogens is 422 g/mol. The van der Waals surface area contributed by atoms with E-state index >= 15 is 0 Å². The van der Waals surface area contributed by atoms with Gasteiger partial charge < -0.3 is 15.4 Å². The number of nitrogens with one attached hydrogen (secondary N) is 3. The number of carbonyl (C=O) groups excluding carboxylic acids is 2. The molecule has 3 aromatic carbocycles. The van der Waals surface area contributed by atoms with Crippen molar-refractivity contribution in [3.63, 3.8) is 0 Å². The third kappa shape index (κ3) is 6.39. The smallest absolute Gasteiger partial charge is 0.261 e. The number of carbonyl (C=O) groups is 2. The van der Waals surface area contributed by atoms with E-state index in [1.807, 2.05) is 44.2 Å². The lowest BCUT2D eigenvalue weighted by atomic mass is 10.1. The molecular formula is C25H25N3O3S. The lowest BCUT2D eigenvalue weighted by Gasteiger charge is -2.13. The summed E-state index contributed by atoms with van der Waals surface area (Å²) in [4.78, 5) is 25.2. The molecule has 0 aliphatic heterocycles. The summed E-state index contributed by atoms with van der Waals surface area (Å²) in [5, 5.41) is 8.60. The molecule has 7 heteroatoms. The zero-order chi connectivity index (χ0) is 22.9. The van der Waals surface area contributed by atoms with Gasteiger partial charge in [-0.3, -0.25) is 14.9 Å². The normalized spacial score (nSPS) is 10.2. The Kier molecular flexibility index (Phi) is 7.94. The van der Waals surface area contributed by atoms with E-state index in [1.54, 1.807) is 42.5 Å². The van der Waals surface area contributed by atoms with Gasteiger partial charge in [0.05, 0.1) is 12.2 Å². The van der Waals surface area contributed by atoms with E-state index in [0.717, 1.165) is 17.7 Å². The van der Waals surface area contributed by atoms with Gasteiger partial charge in [-0.2, -0.15) is 0 Å². The van der Waals surface area contributed by atoms with Crippen LogP contribution in [0.25, 0.3) is 0 Å². The molecule has 164 valence electrons. The van der Waals surface area contributed by atoms with Gasteiger partial charge in [-0.25, -0.2) is 0 Å². The zero-order valence-corrected chi connectivity index (χ0v) is 18.8. The standard InChI is InChI=1S/C25H25N3O3S/c1-3-14-31-22-13-5-4-12-21(22)24(30)28-25(32)27-20-11-7-9-18(16-20)23(29)26-19-10-6-8-17(2)15-19/h4-13,15-16H,3,14H2,1-2H3,(H,26,29)(H2,27,28,30,32). The van der Waals surface area contributed by atoms with Crippen LogP contribution in [0.5, 0.6) is 5.75 Å². The maximum absolute atomic E-state index is 12.7. The first kappa shape index (κ1) is 23.0. The van der Waals surface area contributed by atoms with Crippen molar-refractivity contribution in [1.29, 1.82) is 0 Å². The molecule has 0 saturated heterocycles. The number of anilines is 2. The van der Waals surface area contributed by atoms with Crippen LogP contribution in [0.2, 0.25) is 0 Å². The number of benzene rings is 3. The quantitative estimate of drug-likeness (QED) is 0.436. The highest BCUT2D eigenvalue weighted by Gasteiger charge is 2.14. The molecule has 6 nitrogen and oxygen atoms in total. The van der Waals surface area contributed by atoms with Gasteiger partial charge in [0.25, 0.3) is 11.8 Å². The first-order valence-corrected chi connectivity index (χ1v) is 10.7. The molecule has 0 aliphatic carbocycles. The summed E-state index contributed by atoms with van der Waals surface area (Å²) >= 11 is 5.29. The van der Waals surface area contributed by atoms with Gasteiger partial charge in [-0.1, -0.05) is 37.3 Å². The second kappa shape index (κ2) is 11.1. The van der Waals surface area contributed by atoms with Crippen LogP contribution in [0.15, 0.2) is 72.8 Å². The SMILES string of the molecule is CCCOc1ccccc1C(=O)NC(=S)Nc1cccc(C(=O)Nc2cccc(C)c2)c1. The Balaban J connectivity index is 1.63. The zero-order valence-electron chi connectivity index (χ0n) is 18.0. The lowest BCUT2D eigenvalue weighted by Crippen LogP contribution is -2.34. The second-order valence-corrected chi connectivity index (χ2v) is 7.57. The van der Waals surface area contributed by atoms with E-state index in [4.69, 9.17) is 17.0 Å². The molecule has 0 heterocycles. The number of hydrogen-bond acceptors (Lipinski definition) is 4. The molecule has 0 aliphatic rings. The number of rotatable bonds is 7. The Bertz CT molecular complexity index is 1130. The molecule has 0 aromatic heterocycles. The first-order chi connectivity index (χ1) is 15.5. The molecule has 0 bridgehead atoms. The Hall–Kier alpha value is -3.71. The van der Waals surface area contributed by atoms with Crippen LogP contribution >= 0.6 is 12.2 Å². The minimum Gasteiger partial charge on any atom is -0.493 e. The van der Waals surface area contributed by atoms with Crippen molar-refractivity contribution in [2.45, 2.75) is 20.3 Å². The highest BCUT2D eigenvalue weighted by atomic mass is 32.1. The van der Waals surface area contributed by atoms with E-state index in [1.165, 1.54) is 0 Å². The van der Waals surface area contributed by atoms with Crippen molar-refractivity contribution in [1.82, 2.24) is 5.32 Å². The first-order valence-electron chi connectivity index (χ1n) is 10.3. The summed E-state index contributed by atoms with van der Waals surface area (Å²) in [6.07, 6.45) is 0.837. The average Bonchev–Trinajstić information content (AvgIpc) is 2.78. The fourth-order valence-corrected chi connectivity index (χ4v) is 3.20. The highest BCUT2D eigenvalue weighted by Crippen LogP contribution is 2.18. The van der Waals surface area contributed by atoms with Gasteiger partial charge in [-0.15, -0.1) is 0 Å². The summed E-state index contributed by atoms with van der Waals surface area (Å²) < 4.78 is 5.64. The predicted octanol–water partition coefficient (Wildman–Crippen LogP) is 5.16. The van der Waals surface area contributed by atoms with Gasteiger partial charge in [0, 0.05) is 16.9 Å². The number of hydrogen-bond donors (Lipinski definition) is 3. The lowest BCUT2D eigenvalue weighted by molar-refractivity contribution is 0.0972. The van der Waals surface area contributed by atoms with Crippen LogP contribution in [-0.2, 0) is 0 Å². The van der Waals surface area contributed by atoms with Gasteiger partial charge in [0.15, 0.2) is 5.11 Å². The maximum Gasteiger partial charge on any atom is 0.261 e. The van der Waals surface area contributed by atoms with Crippen LogP contribution in [0.4, 0.5) is 11.4 Å². The van der Waals surface area contributed by atoms with Gasteiger partial charge in [-0.05, 0) is 73.6 Å². The molecule has 0 radical (unpaired) electrons. The minimum atomic E-state index is -0.373. The summed E-state index contributed by atoms with van der Waals surface area (Å²) in [6, 6.07) is 21.5. The summed E-state index contributed by atoms with van der Waals surface area (Å²) in [6.45, 7) is 4.48. The van der Waals surface area contributed by atoms with Gasteiger partial charge in [0.1, 0.15) is 5.75 Å².